The smallest absolute Gasteiger partial charge is 0.231 e. The van der Waals surface area contributed by atoms with Gasteiger partial charge in [0.15, 0.2) is 11.5 Å². The molecule has 5 rings (SSSR count). The molecule has 0 radical (unpaired) electrons. The minimum absolute atomic E-state index is 0.0313. The Bertz CT molecular complexity index is 751. The zero-order chi connectivity index (χ0) is 15.4. The van der Waals surface area contributed by atoms with Crippen molar-refractivity contribution < 1.29 is 14.2 Å². The molecule has 0 unspecified atom stereocenters. The second-order valence-corrected chi connectivity index (χ2v) is 8.02. The molecular formula is C19H20O3S. The molecule has 3 nitrogen and oxygen atoms in total. The van der Waals surface area contributed by atoms with Crippen molar-refractivity contribution in [2.75, 3.05) is 6.79 Å². The highest BCUT2D eigenvalue weighted by Crippen LogP contribution is 2.50. The molecule has 0 saturated heterocycles. The summed E-state index contributed by atoms with van der Waals surface area (Å²) < 4.78 is 17.6. The van der Waals surface area contributed by atoms with Gasteiger partial charge in [-0.3, -0.25) is 0 Å². The van der Waals surface area contributed by atoms with Crippen LogP contribution >= 0.6 is 11.3 Å². The molecule has 120 valence electrons. The normalized spacial score (nSPS) is 28.3. The Labute approximate surface area is 140 Å². The molecule has 3 aliphatic rings. The molecule has 1 aliphatic carbocycles. The maximum atomic E-state index is 6.59. The van der Waals surface area contributed by atoms with Crippen molar-refractivity contribution in [3.63, 3.8) is 0 Å². The van der Waals surface area contributed by atoms with E-state index in [4.69, 9.17) is 14.2 Å². The SMILES string of the molecule is Cc1cc2c(s1)[C@H]1CCCC[C@H]1O[C@@H]2c1ccc2c(c1)OCO2. The molecule has 3 heterocycles. The summed E-state index contributed by atoms with van der Waals surface area (Å²) in [5.41, 5.74) is 2.55. The van der Waals surface area contributed by atoms with E-state index in [0.717, 1.165) is 11.5 Å². The van der Waals surface area contributed by atoms with Crippen molar-refractivity contribution in [1.82, 2.24) is 0 Å². The van der Waals surface area contributed by atoms with Gasteiger partial charge in [0, 0.05) is 15.7 Å². The van der Waals surface area contributed by atoms with Crippen molar-refractivity contribution in [3.8, 4) is 11.5 Å². The Morgan fingerprint density at radius 1 is 1.04 bits per heavy atom. The number of hydrogen-bond donors (Lipinski definition) is 0. The van der Waals surface area contributed by atoms with Gasteiger partial charge in [0.25, 0.3) is 0 Å². The molecule has 1 saturated carbocycles. The number of hydrogen-bond acceptors (Lipinski definition) is 4. The Hall–Kier alpha value is -1.52. The predicted octanol–water partition coefficient (Wildman–Crippen LogP) is 4.93. The lowest BCUT2D eigenvalue weighted by Gasteiger charge is -2.39. The van der Waals surface area contributed by atoms with Gasteiger partial charge >= 0.3 is 0 Å². The first kappa shape index (κ1) is 13.9. The van der Waals surface area contributed by atoms with Crippen LogP contribution in [0.15, 0.2) is 24.3 Å². The zero-order valence-electron chi connectivity index (χ0n) is 13.2. The lowest BCUT2D eigenvalue weighted by molar-refractivity contribution is -0.0374. The van der Waals surface area contributed by atoms with Crippen LogP contribution in [0.5, 0.6) is 11.5 Å². The van der Waals surface area contributed by atoms with Crippen molar-refractivity contribution in [1.29, 1.82) is 0 Å². The van der Waals surface area contributed by atoms with Crippen LogP contribution in [0.4, 0.5) is 0 Å². The molecule has 3 atom stereocenters. The molecule has 4 heteroatoms. The fourth-order valence-electron chi connectivity index (χ4n) is 4.19. The quantitative estimate of drug-likeness (QED) is 0.743. The van der Waals surface area contributed by atoms with Crippen LogP contribution < -0.4 is 9.47 Å². The van der Waals surface area contributed by atoms with Gasteiger partial charge in [0.05, 0.1) is 6.10 Å². The Morgan fingerprint density at radius 3 is 2.87 bits per heavy atom. The third kappa shape index (κ3) is 2.19. The molecule has 1 aromatic carbocycles. The van der Waals surface area contributed by atoms with E-state index in [9.17, 15) is 0 Å². The minimum Gasteiger partial charge on any atom is -0.454 e. The first-order chi connectivity index (χ1) is 11.3. The molecule has 2 aliphatic heterocycles. The number of benzene rings is 1. The molecule has 0 bridgehead atoms. The van der Waals surface area contributed by atoms with Gasteiger partial charge in [0.1, 0.15) is 6.10 Å². The second kappa shape index (κ2) is 5.25. The Balaban J connectivity index is 1.59. The zero-order valence-corrected chi connectivity index (χ0v) is 14.0. The van der Waals surface area contributed by atoms with Gasteiger partial charge < -0.3 is 14.2 Å². The van der Waals surface area contributed by atoms with Crippen molar-refractivity contribution in [2.45, 2.75) is 50.7 Å². The molecule has 1 aromatic heterocycles. The maximum Gasteiger partial charge on any atom is 0.231 e. The second-order valence-electron chi connectivity index (χ2n) is 6.73. The summed E-state index contributed by atoms with van der Waals surface area (Å²) in [6, 6.07) is 8.54. The average Bonchev–Trinajstić information content (AvgIpc) is 3.19. The molecule has 0 amide bonds. The predicted molar refractivity (Wildman–Crippen MR) is 89.5 cm³/mol. The number of rotatable bonds is 1. The standard InChI is InChI=1S/C19H20O3S/c1-11-8-14-18(12-6-7-16-17(9-12)21-10-20-16)22-15-5-3-2-4-13(15)19(14)23-11/h6-9,13,15,18H,2-5,10H2,1H3/t13-,15+,18+/m0/s1. The van der Waals surface area contributed by atoms with Crippen LogP contribution in [-0.4, -0.2) is 12.9 Å². The highest BCUT2D eigenvalue weighted by molar-refractivity contribution is 7.12. The third-order valence-corrected chi connectivity index (χ3v) is 6.44. The van der Waals surface area contributed by atoms with Crippen LogP contribution in [0.3, 0.4) is 0 Å². The number of thiophene rings is 1. The highest BCUT2D eigenvalue weighted by atomic mass is 32.1. The van der Waals surface area contributed by atoms with Crippen LogP contribution in [0.2, 0.25) is 0 Å². The molecule has 0 N–H and O–H groups in total. The first-order valence-electron chi connectivity index (χ1n) is 8.45. The van der Waals surface area contributed by atoms with Crippen LogP contribution in [0.25, 0.3) is 0 Å². The highest BCUT2D eigenvalue weighted by Gasteiger charge is 2.39. The van der Waals surface area contributed by atoms with Crippen molar-refractivity contribution in [3.05, 3.63) is 45.1 Å². The molecular weight excluding hydrogens is 308 g/mol. The van der Waals surface area contributed by atoms with E-state index in [2.05, 4.69) is 25.1 Å². The lowest BCUT2D eigenvalue weighted by Crippen LogP contribution is -2.32. The number of aryl methyl sites for hydroxylation is 1. The van der Waals surface area contributed by atoms with Crippen LogP contribution in [0, 0.1) is 6.92 Å². The van der Waals surface area contributed by atoms with Crippen molar-refractivity contribution in [2.24, 2.45) is 0 Å². The van der Waals surface area contributed by atoms with Gasteiger partial charge in [-0.05, 0) is 49.1 Å². The van der Waals surface area contributed by atoms with E-state index in [1.807, 2.05) is 17.4 Å². The first-order valence-corrected chi connectivity index (χ1v) is 9.26. The summed E-state index contributed by atoms with van der Waals surface area (Å²) in [5.74, 6) is 2.27. The van der Waals surface area contributed by atoms with E-state index in [1.165, 1.54) is 41.7 Å². The van der Waals surface area contributed by atoms with E-state index >= 15 is 0 Å². The van der Waals surface area contributed by atoms with E-state index in [1.54, 1.807) is 4.88 Å². The summed E-state index contributed by atoms with van der Waals surface area (Å²) >= 11 is 1.96. The van der Waals surface area contributed by atoms with Crippen LogP contribution in [-0.2, 0) is 4.74 Å². The Kier molecular flexibility index (Phi) is 3.17. The molecule has 23 heavy (non-hydrogen) atoms. The fourth-order valence-corrected chi connectivity index (χ4v) is 5.43. The summed E-state index contributed by atoms with van der Waals surface area (Å²) in [7, 11) is 0. The average molecular weight is 328 g/mol. The Morgan fingerprint density at radius 2 is 1.91 bits per heavy atom. The van der Waals surface area contributed by atoms with Gasteiger partial charge in [-0.2, -0.15) is 0 Å². The van der Waals surface area contributed by atoms with Gasteiger partial charge in [-0.25, -0.2) is 0 Å². The molecule has 1 fully saturated rings. The van der Waals surface area contributed by atoms with E-state index in [0.29, 0.717) is 18.8 Å². The topological polar surface area (TPSA) is 27.7 Å². The van der Waals surface area contributed by atoms with Gasteiger partial charge in [0.2, 0.25) is 6.79 Å². The monoisotopic (exact) mass is 328 g/mol. The fraction of sp³-hybridized carbons (Fsp3) is 0.474. The largest absolute Gasteiger partial charge is 0.454 e. The van der Waals surface area contributed by atoms with Crippen LogP contribution in [0.1, 0.15) is 58.6 Å². The lowest BCUT2D eigenvalue weighted by atomic mass is 9.80. The summed E-state index contributed by atoms with van der Waals surface area (Å²) in [4.78, 5) is 2.94. The van der Waals surface area contributed by atoms with Gasteiger partial charge in [-0.1, -0.05) is 18.9 Å². The van der Waals surface area contributed by atoms with E-state index < -0.39 is 0 Å². The molecule has 0 spiro atoms. The maximum absolute atomic E-state index is 6.59. The summed E-state index contributed by atoms with van der Waals surface area (Å²) in [6.45, 7) is 2.52. The summed E-state index contributed by atoms with van der Waals surface area (Å²) in [6.07, 6.45) is 5.46. The van der Waals surface area contributed by atoms with E-state index in [-0.39, 0.29) is 6.10 Å². The number of ether oxygens (including phenoxy) is 3. The van der Waals surface area contributed by atoms with Crippen molar-refractivity contribution >= 4 is 11.3 Å². The minimum atomic E-state index is 0.0313. The third-order valence-electron chi connectivity index (χ3n) is 5.25. The molecule has 2 aromatic rings. The van der Waals surface area contributed by atoms with Gasteiger partial charge in [-0.15, -0.1) is 11.3 Å². The summed E-state index contributed by atoms with van der Waals surface area (Å²) in [5, 5.41) is 0. The number of fused-ring (bicyclic) bond motifs is 4.